The summed E-state index contributed by atoms with van der Waals surface area (Å²) in [6.07, 6.45) is 2.12. The summed E-state index contributed by atoms with van der Waals surface area (Å²) in [6.45, 7) is 1.88. The average Bonchev–Trinajstić information content (AvgIpc) is 3.03. The van der Waals surface area contributed by atoms with E-state index < -0.39 is 5.92 Å². The van der Waals surface area contributed by atoms with Gasteiger partial charge in [-0.25, -0.2) is 4.98 Å². The van der Waals surface area contributed by atoms with Crippen LogP contribution in [-0.4, -0.2) is 15.8 Å². The molecule has 0 saturated heterocycles. The Kier molecular flexibility index (Phi) is 5.00. The van der Waals surface area contributed by atoms with Crippen LogP contribution in [0, 0.1) is 18.3 Å². The Morgan fingerprint density at radius 2 is 1.96 bits per heavy atom. The van der Waals surface area contributed by atoms with E-state index in [1.807, 2.05) is 43.3 Å². The summed E-state index contributed by atoms with van der Waals surface area (Å²) in [5.41, 5.74) is 2.22. The number of nitrogens with zero attached hydrogens (tertiary/aromatic N) is 3. The number of pyridine rings is 1. The zero-order valence-electron chi connectivity index (χ0n) is 13.8. The van der Waals surface area contributed by atoms with E-state index in [2.05, 4.69) is 9.97 Å². The molecule has 0 radical (unpaired) electrons. The molecule has 0 spiro atoms. The number of carbonyl (C=O) groups excluding carboxylic acids is 1. The van der Waals surface area contributed by atoms with E-state index in [0.717, 1.165) is 11.3 Å². The predicted molar refractivity (Wildman–Crippen MR) is 92.6 cm³/mol. The Bertz CT molecular complexity index is 896. The first kappa shape index (κ1) is 16.6. The van der Waals surface area contributed by atoms with E-state index in [1.165, 1.54) is 0 Å². The van der Waals surface area contributed by atoms with Crippen molar-refractivity contribution < 1.29 is 9.21 Å². The third kappa shape index (κ3) is 3.81. The maximum Gasteiger partial charge on any atom is 0.195 e. The van der Waals surface area contributed by atoms with Gasteiger partial charge < -0.3 is 4.42 Å². The van der Waals surface area contributed by atoms with E-state index in [4.69, 9.17) is 4.42 Å². The Hall–Kier alpha value is -3.26. The third-order valence-corrected chi connectivity index (χ3v) is 3.90. The summed E-state index contributed by atoms with van der Waals surface area (Å²) in [7, 11) is 0. The minimum Gasteiger partial charge on any atom is -0.440 e. The van der Waals surface area contributed by atoms with Gasteiger partial charge in [-0.1, -0.05) is 36.4 Å². The molecule has 0 fully saturated rings. The molecule has 5 nitrogen and oxygen atoms in total. The number of nitriles is 1. The quantitative estimate of drug-likeness (QED) is 0.685. The van der Waals surface area contributed by atoms with Crippen LogP contribution >= 0.6 is 0 Å². The first-order chi connectivity index (χ1) is 12.2. The number of ketones is 1. The summed E-state index contributed by atoms with van der Waals surface area (Å²) in [6, 6.07) is 17.0. The van der Waals surface area contributed by atoms with Crippen molar-refractivity contribution in [1.82, 2.24) is 9.97 Å². The molecule has 2 heterocycles. The molecular weight excluding hydrogens is 314 g/mol. The summed E-state index contributed by atoms with van der Waals surface area (Å²) >= 11 is 0. The van der Waals surface area contributed by atoms with Gasteiger partial charge in [-0.3, -0.25) is 9.78 Å². The summed E-state index contributed by atoms with van der Waals surface area (Å²) in [4.78, 5) is 20.9. The molecule has 124 valence electrons. The van der Waals surface area contributed by atoms with Gasteiger partial charge in [0.25, 0.3) is 0 Å². The minimum absolute atomic E-state index is 0.182. The van der Waals surface area contributed by atoms with Crippen molar-refractivity contribution in [1.29, 1.82) is 5.26 Å². The van der Waals surface area contributed by atoms with Crippen molar-refractivity contribution in [2.24, 2.45) is 0 Å². The first-order valence-electron chi connectivity index (χ1n) is 8.04. The minimum atomic E-state index is -0.856. The molecule has 5 heteroatoms. The van der Waals surface area contributed by atoms with Crippen LogP contribution in [0.3, 0.4) is 0 Å². The molecule has 3 aromatic rings. The van der Waals surface area contributed by atoms with E-state index in [0.29, 0.717) is 23.8 Å². The van der Waals surface area contributed by atoms with Crippen LogP contribution in [0.4, 0.5) is 0 Å². The largest absolute Gasteiger partial charge is 0.440 e. The number of hydrogen-bond donors (Lipinski definition) is 0. The average molecular weight is 331 g/mol. The molecule has 0 saturated carbocycles. The molecule has 0 N–H and O–H groups in total. The van der Waals surface area contributed by atoms with Gasteiger partial charge in [0, 0.05) is 24.6 Å². The summed E-state index contributed by atoms with van der Waals surface area (Å²) in [5.74, 6) is 0.177. The lowest BCUT2D eigenvalue weighted by Gasteiger charge is -2.06. The molecule has 1 atom stereocenters. The molecule has 3 rings (SSSR count). The molecule has 25 heavy (non-hydrogen) atoms. The maximum absolute atomic E-state index is 12.4. The molecular formula is C20H17N3O2. The number of aryl methyl sites for hydroxylation is 2. The number of benzene rings is 1. The summed E-state index contributed by atoms with van der Waals surface area (Å²) < 4.78 is 5.81. The van der Waals surface area contributed by atoms with Gasteiger partial charge in [0.05, 0.1) is 17.5 Å². The van der Waals surface area contributed by atoms with Gasteiger partial charge in [-0.05, 0) is 19.1 Å². The van der Waals surface area contributed by atoms with Gasteiger partial charge >= 0.3 is 0 Å². The highest BCUT2D eigenvalue weighted by molar-refractivity contribution is 5.88. The zero-order valence-corrected chi connectivity index (χ0v) is 13.8. The lowest BCUT2D eigenvalue weighted by Crippen LogP contribution is -2.13. The number of carbonyl (C=O) groups is 1. The molecule has 0 amide bonds. The van der Waals surface area contributed by atoms with Crippen LogP contribution < -0.4 is 0 Å². The highest BCUT2D eigenvalue weighted by Gasteiger charge is 2.22. The maximum atomic E-state index is 12.4. The fourth-order valence-corrected chi connectivity index (χ4v) is 2.64. The Labute approximate surface area is 146 Å². The van der Waals surface area contributed by atoms with Crippen molar-refractivity contribution >= 4 is 5.78 Å². The second-order valence-electron chi connectivity index (χ2n) is 5.67. The van der Waals surface area contributed by atoms with Gasteiger partial charge in [-0.15, -0.1) is 0 Å². The third-order valence-electron chi connectivity index (χ3n) is 3.90. The van der Waals surface area contributed by atoms with Crippen LogP contribution in [0.2, 0.25) is 0 Å². The fourth-order valence-electron chi connectivity index (χ4n) is 2.64. The van der Waals surface area contributed by atoms with Crippen LogP contribution in [0.1, 0.15) is 29.6 Å². The molecule has 0 aliphatic carbocycles. The number of hydrogen-bond acceptors (Lipinski definition) is 5. The predicted octanol–water partition coefficient (Wildman–Crippen LogP) is 3.85. The molecule has 0 aliphatic heterocycles. The Morgan fingerprint density at radius 1 is 1.20 bits per heavy atom. The highest BCUT2D eigenvalue weighted by atomic mass is 16.4. The van der Waals surface area contributed by atoms with E-state index in [9.17, 15) is 10.1 Å². The zero-order chi connectivity index (χ0) is 17.6. The standard InChI is InChI=1S/C20H17N3O2/c1-14-20(15-7-3-2-4-8-15)25-19(23-14)11-10-18(24)16(13-21)17-9-5-6-12-22-17/h2-9,12,16H,10-11H2,1H3/t16-/m0/s1. The first-order valence-corrected chi connectivity index (χ1v) is 8.04. The van der Waals surface area contributed by atoms with Crippen LogP contribution in [0.25, 0.3) is 11.3 Å². The van der Waals surface area contributed by atoms with Gasteiger partial charge in [0.2, 0.25) is 0 Å². The second kappa shape index (κ2) is 7.54. The molecule has 1 aromatic carbocycles. The lowest BCUT2D eigenvalue weighted by molar-refractivity contribution is -0.119. The van der Waals surface area contributed by atoms with Crippen molar-refractivity contribution in [3.05, 3.63) is 72.0 Å². The molecule has 0 aliphatic rings. The smallest absolute Gasteiger partial charge is 0.195 e. The van der Waals surface area contributed by atoms with Crippen LogP contribution in [0.15, 0.2) is 59.1 Å². The SMILES string of the molecule is Cc1nc(CCC(=O)[C@@H](C#N)c2ccccn2)oc1-c1ccccc1. The number of Topliss-reactive ketones (excluding diaryl/α,β-unsaturated/α-hetero) is 1. The monoisotopic (exact) mass is 331 g/mol. The van der Waals surface area contributed by atoms with Crippen molar-refractivity contribution in [2.75, 3.05) is 0 Å². The number of oxazole rings is 1. The van der Waals surface area contributed by atoms with Crippen molar-refractivity contribution in [3.63, 3.8) is 0 Å². The normalized spacial score (nSPS) is 11.7. The lowest BCUT2D eigenvalue weighted by atomic mass is 9.98. The van der Waals surface area contributed by atoms with Crippen LogP contribution in [0.5, 0.6) is 0 Å². The van der Waals surface area contributed by atoms with Gasteiger partial charge in [0.15, 0.2) is 17.4 Å². The Balaban J connectivity index is 1.70. The van der Waals surface area contributed by atoms with E-state index in [-0.39, 0.29) is 12.2 Å². The molecule has 0 unspecified atom stereocenters. The highest BCUT2D eigenvalue weighted by Crippen LogP contribution is 2.25. The van der Waals surface area contributed by atoms with E-state index >= 15 is 0 Å². The topological polar surface area (TPSA) is 79.8 Å². The molecule has 0 bridgehead atoms. The summed E-state index contributed by atoms with van der Waals surface area (Å²) in [5, 5.41) is 9.29. The number of rotatable bonds is 6. The van der Waals surface area contributed by atoms with Crippen LogP contribution in [-0.2, 0) is 11.2 Å². The van der Waals surface area contributed by atoms with E-state index in [1.54, 1.807) is 24.4 Å². The van der Waals surface area contributed by atoms with Gasteiger partial charge in [0.1, 0.15) is 5.92 Å². The van der Waals surface area contributed by atoms with Crippen molar-refractivity contribution in [3.8, 4) is 17.4 Å². The van der Waals surface area contributed by atoms with Gasteiger partial charge in [-0.2, -0.15) is 5.26 Å². The number of aromatic nitrogens is 2. The van der Waals surface area contributed by atoms with Crippen molar-refractivity contribution in [2.45, 2.75) is 25.7 Å². The fraction of sp³-hybridized carbons (Fsp3) is 0.200. The Morgan fingerprint density at radius 3 is 2.64 bits per heavy atom. The second-order valence-corrected chi connectivity index (χ2v) is 5.67. The molecule has 2 aromatic heterocycles.